The average molecular weight is 319 g/mol. The molecule has 0 aromatic carbocycles. The third-order valence-electron chi connectivity index (χ3n) is 4.39. The summed E-state index contributed by atoms with van der Waals surface area (Å²) < 4.78 is 5.33. The van der Waals surface area contributed by atoms with E-state index >= 15 is 0 Å². The average Bonchev–Trinajstić information content (AvgIpc) is 3.09. The van der Waals surface area contributed by atoms with Crippen molar-refractivity contribution >= 4 is 11.9 Å². The molecule has 0 radical (unpaired) electrons. The van der Waals surface area contributed by atoms with Crippen LogP contribution < -0.4 is 10.6 Å². The Morgan fingerprint density at radius 2 is 2.09 bits per heavy atom. The van der Waals surface area contributed by atoms with E-state index in [1.807, 2.05) is 0 Å². The first kappa shape index (κ1) is 16.1. The third kappa shape index (κ3) is 4.87. The zero-order valence-electron chi connectivity index (χ0n) is 13.5. The highest BCUT2D eigenvalue weighted by Gasteiger charge is 2.19. The zero-order chi connectivity index (χ0) is 15.9. The fourth-order valence-electron chi connectivity index (χ4n) is 3.05. The highest BCUT2D eigenvalue weighted by Crippen LogP contribution is 2.18. The summed E-state index contributed by atoms with van der Waals surface area (Å²) in [6.45, 7) is 5.21. The molecule has 2 fully saturated rings. The number of aromatic nitrogens is 2. The lowest BCUT2D eigenvalue weighted by molar-refractivity contribution is 0.0398. The molecule has 2 aliphatic rings. The van der Waals surface area contributed by atoms with Crippen molar-refractivity contribution in [3.8, 4) is 0 Å². The lowest BCUT2D eigenvalue weighted by atomic mass is 10.2. The quantitative estimate of drug-likeness (QED) is 0.811. The molecule has 23 heavy (non-hydrogen) atoms. The summed E-state index contributed by atoms with van der Waals surface area (Å²) in [5.74, 6) is 0.410. The highest BCUT2D eigenvalue weighted by molar-refractivity contribution is 5.92. The Morgan fingerprint density at radius 1 is 1.30 bits per heavy atom. The van der Waals surface area contributed by atoms with E-state index in [2.05, 4.69) is 25.5 Å². The van der Waals surface area contributed by atoms with Crippen molar-refractivity contribution in [2.75, 3.05) is 44.7 Å². The predicted octanol–water partition coefficient (Wildman–Crippen LogP) is 0.893. The van der Waals surface area contributed by atoms with Crippen LogP contribution in [0.25, 0.3) is 0 Å². The van der Waals surface area contributed by atoms with Gasteiger partial charge in [0.2, 0.25) is 5.95 Å². The van der Waals surface area contributed by atoms with Gasteiger partial charge in [0.25, 0.3) is 5.91 Å². The maximum absolute atomic E-state index is 12.2. The summed E-state index contributed by atoms with van der Waals surface area (Å²) in [6, 6.07) is 1.97. The van der Waals surface area contributed by atoms with Crippen molar-refractivity contribution < 1.29 is 9.53 Å². The number of anilines is 1. The number of amides is 1. The fourth-order valence-corrected chi connectivity index (χ4v) is 3.05. The molecule has 1 amide bonds. The lowest BCUT2D eigenvalue weighted by Gasteiger charge is -2.26. The number of hydrogen-bond acceptors (Lipinski definition) is 6. The van der Waals surface area contributed by atoms with Gasteiger partial charge >= 0.3 is 0 Å². The molecule has 1 aliphatic carbocycles. The van der Waals surface area contributed by atoms with Gasteiger partial charge < -0.3 is 15.4 Å². The maximum atomic E-state index is 12.2. The number of carbonyl (C=O) groups excluding carboxylic acids is 1. The van der Waals surface area contributed by atoms with Gasteiger partial charge in [-0.3, -0.25) is 9.69 Å². The topological polar surface area (TPSA) is 79.4 Å². The Labute approximate surface area is 136 Å². The molecule has 2 heterocycles. The molecule has 1 aromatic heterocycles. The Kier molecular flexibility index (Phi) is 5.76. The largest absolute Gasteiger partial charge is 0.379 e. The monoisotopic (exact) mass is 319 g/mol. The van der Waals surface area contributed by atoms with Crippen LogP contribution >= 0.6 is 0 Å². The summed E-state index contributed by atoms with van der Waals surface area (Å²) in [4.78, 5) is 23.1. The molecule has 126 valence electrons. The van der Waals surface area contributed by atoms with Crippen molar-refractivity contribution in [1.82, 2.24) is 20.2 Å². The summed E-state index contributed by atoms with van der Waals surface area (Å²) in [6.07, 6.45) is 6.17. The molecular formula is C16H25N5O2. The van der Waals surface area contributed by atoms with E-state index in [0.29, 0.717) is 17.7 Å². The van der Waals surface area contributed by atoms with Crippen LogP contribution in [0.2, 0.25) is 0 Å². The first-order valence-corrected chi connectivity index (χ1v) is 8.49. The number of morpholine rings is 1. The number of nitrogens with zero attached hydrogens (tertiary/aromatic N) is 3. The zero-order valence-corrected chi connectivity index (χ0v) is 13.5. The highest BCUT2D eigenvalue weighted by atomic mass is 16.5. The second kappa shape index (κ2) is 8.21. The lowest BCUT2D eigenvalue weighted by Crippen LogP contribution is -2.39. The molecule has 0 spiro atoms. The number of carbonyl (C=O) groups is 1. The maximum Gasteiger partial charge on any atom is 0.270 e. The fraction of sp³-hybridized carbons (Fsp3) is 0.688. The summed E-state index contributed by atoms with van der Waals surface area (Å²) in [5, 5.41) is 6.25. The number of rotatable bonds is 6. The molecule has 7 nitrogen and oxygen atoms in total. The van der Waals surface area contributed by atoms with Crippen LogP contribution in [0, 0.1) is 0 Å². The first-order valence-electron chi connectivity index (χ1n) is 8.49. The molecule has 3 rings (SSSR count). The van der Waals surface area contributed by atoms with Gasteiger partial charge in [0, 0.05) is 38.4 Å². The van der Waals surface area contributed by atoms with Gasteiger partial charge in [-0.15, -0.1) is 0 Å². The van der Waals surface area contributed by atoms with E-state index in [1.165, 1.54) is 12.8 Å². The van der Waals surface area contributed by atoms with Gasteiger partial charge in [0.1, 0.15) is 5.69 Å². The SMILES string of the molecule is O=C(NC1CCCC1)c1ccnc(NCCN2CCOCC2)n1. The molecule has 1 saturated carbocycles. The Hall–Kier alpha value is -1.73. The van der Waals surface area contributed by atoms with Crippen LogP contribution in [0.4, 0.5) is 5.95 Å². The molecule has 0 atom stereocenters. The summed E-state index contributed by atoms with van der Waals surface area (Å²) in [5.41, 5.74) is 0.431. The number of ether oxygens (including phenoxy) is 1. The van der Waals surface area contributed by atoms with Crippen molar-refractivity contribution in [3.63, 3.8) is 0 Å². The molecule has 2 N–H and O–H groups in total. The van der Waals surface area contributed by atoms with E-state index in [4.69, 9.17) is 4.74 Å². The minimum Gasteiger partial charge on any atom is -0.379 e. The molecule has 7 heteroatoms. The molecule has 1 saturated heterocycles. The summed E-state index contributed by atoms with van der Waals surface area (Å²) in [7, 11) is 0. The standard InChI is InChI=1S/C16H25N5O2/c22-15(19-13-3-1-2-4-13)14-5-6-17-16(20-14)18-7-8-21-9-11-23-12-10-21/h5-6,13H,1-4,7-12H2,(H,19,22)(H,17,18,20). The molecular weight excluding hydrogens is 294 g/mol. The molecule has 0 bridgehead atoms. The first-order chi connectivity index (χ1) is 11.3. The normalized spacial score (nSPS) is 19.7. The van der Waals surface area contributed by atoms with Gasteiger partial charge in [-0.05, 0) is 18.9 Å². The van der Waals surface area contributed by atoms with Gasteiger partial charge in [-0.25, -0.2) is 9.97 Å². The second-order valence-electron chi connectivity index (χ2n) is 6.10. The Balaban J connectivity index is 1.47. The van der Waals surface area contributed by atoms with Crippen molar-refractivity contribution in [2.45, 2.75) is 31.7 Å². The van der Waals surface area contributed by atoms with Crippen molar-refractivity contribution in [1.29, 1.82) is 0 Å². The van der Waals surface area contributed by atoms with Crippen LogP contribution in [0.15, 0.2) is 12.3 Å². The Bertz CT molecular complexity index is 513. The second-order valence-corrected chi connectivity index (χ2v) is 6.10. The minimum absolute atomic E-state index is 0.101. The minimum atomic E-state index is -0.101. The predicted molar refractivity (Wildman–Crippen MR) is 87.5 cm³/mol. The van der Waals surface area contributed by atoms with E-state index in [0.717, 1.165) is 52.2 Å². The van der Waals surface area contributed by atoms with Crippen molar-refractivity contribution in [3.05, 3.63) is 18.0 Å². The van der Waals surface area contributed by atoms with Crippen LogP contribution in [0.1, 0.15) is 36.2 Å². The smallest absolute Gasteiger partial charge is 0.270 e. The Morgan fingerprint density at radius 3 is 2.87 bits per heavy atom. The number of nitrogens with one attached hydrogen (secondary N) is 2. The summed E-state index contributed by atoms with van der Waals surface area (Å²) >= 11 is 0. The van der Waals surface area contributed by atoms with Gasteiger partial charge in [-0.1, -0.05) is 12.8 Å². The van der Waals surface area contributed by atoms with E-state index < -0.39 is 0 Å². The van der Waals surface area contributed by atoms with E-state index in [-0.39, 0.29) is 5.91 Å². The molecule has 0 unspecified atom stereocenters. The molecule has 1 aromatic rings. The van der Waals surface area contributed by atoms with Crippen LogP contribution in [0.3, 0.4) is 0 Å². The number of hydrogen-bond donors (Lipinski definition) is 2. The van der Waals surface area contributed by atoms with Gasteiger partial charge in [-0.2, -0.15) is 0 Å². The van der Waals surface area contributed by atoms with E-state index in [9.17, 15) is 4.79 Å². The van der Waals surface area contributed by atoms with Crippen molar-refractivity contribution in [2.24, 2.45) is 0 Å². The van der Waals surface area contributed by atoms with Crippen LogP contribution in [-0.2, 0) is 4.74 Å². The van der Waals surface area contributed by atoms with Crippen LogP contribution in [-0.4, -0.2) is 66.2 Å². The van der Waals surface area contributed by atoms with Gasteiger partial charge in [0.15, 0.2) is 0 Å². The van der Waals surface area contributed by atoms with Gasteiger partial charge in [0.05, 0.1) is 13.2 Å². The van der Waals surface area contributed by atoms with Crippen LogP contribution in [0.5, 0.6) is 0 Å². The molecule has 1 aliphatic heterocycles. The van der Waals surface area contributed by atoms with E-state index in [1.54, 1.807) is 12.3 Å². The third-order valence-corrected chi connectivity index (χ3v) is 4.39.